The molecule has 0 unspecified atom stereocenters. The summed E-state index contributed by atoms with van der Waals surface area (Å²) in [6, 6.07) is 2.66. The number of hydrogen-bond acceptors (Lipinski definition) is 3. The van der Waals surface area contributed by atoms with E-state index in [1.807, 2.05) is 0 Å². The highest BCUT2D eigenvalue weighted by atomic mass is 19.4. The quantitative estimate of drug-likeness (QED) is 0.441. The van der Waals surface area contributed by atoms with Gasteiger partial charge in [-0.05, 0) is 25.1 Å². The predicted octanol–water partition coefficient (Wildman–Crippen LogP) is 5.57. The molecule has 2 heterocycles. The molecule has 0 fully saturated rings. The maximum atomic E-state index is 13.8. The lowest BCUT2D eigenvalue weighted by molar-refractivity contribution is -0.291. The first-order chi connectivity index (χ1) is 13.3. The number of pyridine rings is 1. The molecule has 0 saturated carbocycles. The Labute approximate surface area is 156 Å². The minimum atomic E-state index is -6.15. The van der Waals surface area contributed by atoms with Crippen LogP contribution in [-0.2, 0) is 16.8 Å². The van der Waals surface area contributed by atoms with Crippen LogP contribution in [0, 0.1) is 0 Å². The molecule has 0 bridgehead atoms. The molecular weight excluding hydrogens is 416 g/mol. The molecule has 0 amide bonds. The van der Waals surface area contributed by atoms with E-state index in [4.69, 9.17) is 4.74 Å². The third-order valence-corrected chi connectivity index (χ3v) is 4.06. The Balaban J connectivity index is 2.39. The summed E-state index contributed by atoms with van der Waals surface area (Å²) in [5.74, 6) is -6.51. The van der Waals surface area contributed by atoms with Gasteiger partial charge in [0.15, 0.2) is 0 Å². The maximum Gasteiger partial charge on any atom is 0.459 e. The zero-order valence-electron chi connectivity index (χ0n) is 14.3. The summed E-state index contributed by atoms with van der Waals surface area (Å²) >= 11 is 0. The fourth-order valence-electron chi connectivity index (χ4n) is 2.75. The number of aromatic nitrogens is 2. The standard InChI is InChI=1S/C17H10F8N2O2/c1-2-29-14(28)11-5-8-10(26-11)4-3-7-9(16(20,21)22)6-12(27-13(7)8)15(18,19)17(23,24)25/h3-6,26H,2H2,1H3. The van der Waals surface area contributed by atoms with Crippen LogP contribution in [0.3, 0.4) is 0 Å². The molecule has 12 heteroatoms. The number of ether oxygens (including phenoxy) is 1. The van der Waals surface area contributed by atoms with Crippen molar-refractivity contribution in [2.45, 2.75) is 25.2 Å². The summed E-state index contributed by atoms with van der Waals surface area (Å²) in [5, 5.41) is -0.933. The monoisotopic (exact) mass is 426 g/mol. The molecule has 0 saturated heterocycles. The van der Waals surface area contributed by atoms with Gasteiger partial charge in [-0.25, -0.2) is 9.78 Å². The number of carbonyl (C=O) groups is 1. The Morgan fingerprint density at radius 3 is 2.24 bits per heavy atom. The number of nitrogens with one attached hydrogen (secondary N) is 1. The van der Waals surface area contributed by atoms with Gasteiger partial charge in [0.2, 0.25) is 0 Å². The Morgan fingerprint density at radius 2 is 1.69 bits per heavy atom. The van der Waals surface area contributed by atoms with Crippen molar-refractivity contribution in [3.63, 3.8) is 0 Å². The first-order valence-electron chi connectivity index (χ1n) is 7.93. The van der Waals surface area contributed by atoms with Crippen LogP contribution in [0.15, 0.2) is 24.3 Å². The van der Waals surface area contributed by atoms with Crippen molar-refractivity contribution in [2.24, 2.45) is 0 Å². The highest BCUT2D eigenvalue weighted by molar-refractivity contribution is 6.08. The van der Waals surface area contributed by atoms with Gasteiger partial charge in [-0.1, -0.05) is 6.07 Å². The van der Waals surface area contributed by atoms with Crippen LogP contribution in [0.5, 0.6) is 0 Å². The molecule has 0 atom stereocenters. The van der Waals surface area contributed by atoms with E-state index >= 15 is 0 Å². The molecule has 1 aromatic carbocycles. The fraction of sp³-hybridized carbons (Fsp3) is 0.294. The predicted molar refractivity (Wildman–Crippen MR) is 84.5 cm³/mol. The molecular formula is C17H10F8N2O2. The molecule has 3 rings (SSSR count). The van der Waals surface area contributed by atoms with E-state index in [1.54, 1.807) is 0 Å². The van der Waals surface area contributed by atoms with E-state index < -0.39 is 46.4 Å². The molecule has 1 N–H and O–H groups in total. The number of fused-ring (bicyclic) bond motifs is 3. The van der Waals surface area contributed by atoms with Crippen molar-refractivity contribution in [3.8, 4) is 0 Å². The molecule has 0 aliphatic carbocycles. The number of H-pyrrole nitrogens is 1. The normalized spacial score (nSPS) is 13.3. The zero-order chi connectivity index (χ0) is 21.8. The van der Waals surface area contributed by atoms with Gasteiger partial charge in [-0.2, -0.15) is 35.1 Å². The van der Waals surface area contributed by atoms with Crippen LogP contribution in [0.4, 0.5) is 35.1 Å². The Hall–Kier alpha value is -2.92. The Bertz CT molecular complexity index is 1100. The molecule has 0 spiro atoms. The van der Waals surface area contributed by atoms with Crippen molar-refractivity contribution in [1.82, 2.24) is 9.97 Å². The van der Waals surface area contributed by atoms with Crippen molar-refractivity contribution in [3.05, 3.63) is 41.2 Å². The zero-order valence-corrected chi connectivity index (χ0v) is 14.3. The lowest BCUT2D eigenvalue weighted by Crippen LogP contribution is -2.35. The summed E-state index contributed by atoms with van der Waals surface area (Å²) in [5.41, 5.74) is -4.78. The lowest BCUT2D eigenvalue weighted by atomic mass is 10.0. The van der Waals surface area contributed by atoms with E-state index in [1.165, 1.54) is 6.92 Å². The van der Waals surface area contributed by atoms with Crippen molar-refractivity contribution < 1.29 is 44.7 Å². The largest absolute Gasteiger partial charge is 0.461 e. The van der Waals surface area contributed by atoms with Crippen molar-refractivity contribution in [1.29, 1.82) is 0 Å². The molecule has 0 aliphatic rings. The maximum absolute atomic E-state index is 13.8. The molecule has 0 radical (unpaired) electrons. The van der Waals surface area contributed by atoms with Gasteiger partial charge in [-0.15, -0.1) is 0 Å². The van der Waals surface area contributed by atoms with Crippen molar-refractivity contribution in [2.75, 3.05) is 6.61 Å². The van der Waals surface area contributed by atoms with Gasteiger partial charge in [0.05, 0.1) is 17.7 Å². The third-order valence-electron chi connectivity index (χ3n) is 4.06. The molecule has 0 aliphatic heterocycles. The topological polar surface area (TPSA) is 55.0 Å². The average Bonchev–Trinajstić information content (AvgIpc) is 3.04. The van der Waals surface area contributed by atoms with E-state index in [-0.39, 0.29) is 29.3 Å². The first kappa shape index (κ1) is 20.8. The number of rotatable bonds is 3. The molecule has 4 nitrogen and oxygen atoms in total. The minimum Gasteiger partial charge on any atom is -0.461 e. The van der Waals surface area contributed by atoms with Gasteiger partial charge in [-0.3, -0.25) is 0 Å². The highest BCUT2D eigenvalue weighted by Gasteiger charge is 2.60. The van der Waals surface area contributed by atoms with Gasteiger partial charge in [0, 0.05) is 16.3 Å². The fourth-order valence-corrected chi connectivity index (χ4v) is 2.75. The average molecular weight is 426 g/mol. The first-order valence-corrected chi connectivity index (χ1v) is 7.93. The number of halogens is 8. The summed E-state index contributed by atoms with van der Waals surface area (Å²) in [6.07, 6.45) is -11.4. The van der Waals surface area contributed by atoms with Crippen LogP contribution in [0.2, 0.25) is 0 Å². The second-order valence-corrected chi connectivity index (χ2v) is 5.95. The minimum absolute atomic E-state index is 0.00801. The highest BCUT2D eigenvalue weighted by Crippen LogP contribution is 2.46. The summed E-state index contributed by atoms with van der Waals surface area (Å²) in [6.45, 7) is 1.48. The van der Waals surface area contributed by atoms with Crippen LogP contribution in [0.25, 0.3) is 21.8 Å². The molecule has 156 valence electrons. The number of nitrogens with zero attached hydrogens (tertiary/aromatic N) is 1. The van der Waals surface area contributed by atoms with E-state index in [2.05, 4.69) is 9.97 Å². The summed E-state index contributed by atoms with van der Waals surface area (Å²) in [4.78, 5) is 17.5. The van der Waals surface area contributed by atoms with Gasteiger partial charge < -0.3 is 9.72 Å². The second kappa shape index (κ2) is 6.56. The molecule has 29 heavy (non-hydrogen) atoms. The van der Waals surface area contributed by atoms with E-state index in [0.717, 1.165) is 18.2 Å². The number of alkyl halides is 8. The SMILES string of the molecule is CCOC(=O)c1cc2c(ccc3c(C(F)(F)F)cc(C(F)(F)C(F)(F)F)nc32)[nH]1. The number of benzene rings is 1. The Morgan fingerprint density at radius 1 is 1.03 bits per heavy atom. The van der Waals surface area contributed by atoms with E-state index in [9.17, 15) is 39.9 Å². The van der Waals surface area contributed by atoms with Gasteiger partial charge in [0.1, 0.15) is 11.4 Å². The van der Waals surface area contributed by atoms with E-state index in [0.29, 0.717) is 0 Å². The van der Waals surface area contributed by atoms with Crippen molar-refractivity contribution >= 4 is 27.8 Å². The van der Waals surface area contributed by atoms with Crippen LogP contribution in [-0.4, -0.2) is 28.7 Å². The number of aromatic amines is 1. The number of hydrogen-bond donors (Lipinski definition) is 1. The van der Waals surface area contributed by atoms with Crippen LogP contribution in [0.1, 0.15) is 28.7 Å². The summed E-state index contributed by atoms with van der Waals surface area (Å²) in [7, 11) is 0. The van der Waals surface area contributed by atoms with Gasteiger partial charge >= 0.3 is 24.2 Å². The number of carbonyl (C=O) groups excluding carboxylic acids is 1. The molecule has 3 aromatic rings. The second-order valence-electron chi connectivity index (χ2n) is 5.95. The summed E-state index contributed by atoms with van der Waals surface area (Å²) < 4.78 is 111. The third kappa shape index (κ3) is 3.47. The number of esters is 1. The van der Waals surface area contributed by atoms with Crippen LogP contribution < -0.4 is 0 Å². The Kier molecular flexibility index (Phi) is 4.71. The van der Waals surface area contributed by atoms with Crippen LogP contribution >= 0.6 is 0 Å². The molecule has 2 aromatic heterocycles. The lowest BCUT2D eigenvalue weighted by Gasteiger charge is -2.21. The van der Waals surface area contributed by atoms with Gasteiger partial charge in [0.25, 0.3) is 0 Å². The smallest absolute Gasteiger partial charge is 0.459 e.